The summed E-state index contributed by atoms with van der Waals surface area (Å²) in [7, 11) is 0. The van der Waals surface area contributed by atoms with Gasteiger partial charge >= 0.3 is 0 Å². The molecule has 39 heavy (non-hydrogen) atoms. The van der Waals surface area contributed by atoms with Gasteiger partial charge in [0.2, 0.25) is 5.91 Å². The predicted molar refractivity (Wildman–Crippen MR) is 143 cm³/mol. The zero-order chi connectivity index (χ0) is 28.3. The van der Waals surface area contributed by atoms with Crippen LogP contribution in [0.5, 0.6) is 0 Å². The fourth-order valence-electron chi connectivity index (χ4n) is 4.02. The number of aliphatic hydroxyl groups is 1. The van der Waals surface area contributed by atoms with Crippen molar-refractivity contribution < 1.29 is 33.0 Å². The number of primary amides is 1. The number of ether oxygens (including phenoxy) is 2. The van der Waals surface area contributed by atoms with Crippen LogP contribution in [0.3, 0.4) is 0 Å². The zero-order valence-electron chi connectivity index (χ0n) is 21.8. The van der Waals surface area contributed by atoms with E-state index in [1.54, 1.807) is 17.9 Å². The average Bonchev–Trinajstić information content (AvgIpc) is 3.26. The van der Waals surface area contributed by atoms with E-state index in [0.29, 0.717) is 44.4 Å². The van der Waals surface area contributed by atoms with Crippen LogP contribution in [0.1, 0.15) is 41.0 Å². The lowest BCUT2D eigenvalue weighted by Crippen LogP contribution is -2.43. The summed E-state index contributed by atoms with van der Waals surface area (Å²) in [5.74, 6) is -2.15. The second-order valence-corrected chi connectivity index (χ2v) is 10.7. The quantitative estimate of drug-likeness (QED) is 0.322. The minimum Gasteiger partial charge on any atom is -0.386 e. The number of anilines is 2. The third-order valence-corrected chi connectivity index (χ3v) is 7.34. The number of carbonyl (C=O) groups is 2. The van der Waals surface area contributed by atoms with Crippen molar-refractivity contribution in [1.29, 1.82) is 0 Å². The van der Waals surface area contributed by atoms with Crippen LogP contribution in [-0.2, 0) is 26.5 Å². The predicted octanol–water partition coefficient (Wildman–Crippen LogP) is 3.84. The second-order valence-electron chi connectivity index (χ2n) is 9.64. The van der Waals surface area contributed by atoms with Gasteiger partial charge in [-0.05, 0) is 56.2 Å². The number of amides is 2. The Bertz CT molecular complexity index is 1370. The summed E-state index contributed by atoms with van der Waals surface area (Å²) in [4.78, 5) is 30.3. The number of hydrogen-bond acceptors (Lipinski definition) is 8. The van der Waals surface area contributed by atoms with E-state index < -0.39 is 23.1 Å². The van der Waals surface area contributed by atoms with Crippen molar-refractivity contribution in [1.82, 2.24) is 9.88 Å². The molecule has 0 unspecified atom stereocenters. The van der Waals surface area contributed by atoms with Crippen molar-refractivity contribution in [3.63, 3.8) is 0 Å². The summed E-state index contributed by atoms with van der Waals surface area (Å²) >= 11 is 0.958. The van der Waals surface area contributed by atoms with Crippen LogP contribution in [0.25, 0.3) is 10.4 Å². The van der Waals surface area contributed by atoms with E-state index >= 15 is 0 Å². The van der Waals surface area contributed by atoms with Gasteiger partial charge in [-0.25, -0.2) is 13.8 Å². The first kappa shape index (κ1) is 28.6. The van der Waals surface area contributed by atoms with E-state index in [4.69, 9.17) is 15.2 Å². The number of benzene rings is 1. The Morgan fingerprint density at radius 1 is 1.28 bits per heavy atom. The number of aryl methyl sites for hydroxylation is 1. The van der Waals surface area contributed by atoms with Gasteiger partial charge in [0.1, 0.15) is 29.1 Å². The van der Waals surface area contributed by atoms with Gasteiger partial charge in [0.25, 0.3) is 5.91 Å². The number of carbonyl (C=O) groups excluding carboxylic acids is 2. The van der Waals surface area contributed by atoms with Gasteiger partial charge in [-0.1, -0.05) is 6.07 Å². The lowest BCUT2D eigenvalue weighted by atomic mass is 9.96. The van der Waals surface area contributed by atoms with Crippen molar-refractivity contribution in [3.05, 3.63) is 64.4 Å². The monoisotopic (exact) mass is 560 g/mol. The molecule has 2 aromatic heterocycles. The lowest BCUT2D eigenvalue weighted by molar-refractivity contribution is -0.143. The fraction of sp³-hybridized carbons (Fsp3) is 0.370. The number of nitrogens with one attached hydrogen (secondary N) is 1. The molecule has 9 nitrogen and oxygen atoms in total. The van der Waals surface area contributed by atoms with Crippen LogP contribution in [0.4, 0.5) is 19.6 Å². The number of pyridine rings is 1. The largest absolute Gasteiger partial charge is 0.386 e. The molecule has 1 aliphatic rings. The Labute approximate surface area is 228 Å². The molecule has 0 saturated carbocycles. The van der Waals surface area contributed by atoms with Gasteiger partial charge < -0.3 is 30.5 Å². The fourth-order valence-corrected chi connectivity index (χ4v) is 5.14. The molecule has 4 N–H and O–H groups in total. The number of rotatable bonds is 10. The highest BCUT2D eigenvalue weighted by Gasteiger charge is 2.24. The molecule has 3 aromatic rings. The molecular formula is C27H30F2N4O5S. The summed E-state index contributed by atoms with van der Waals surface area (Å²) in [6, 6.07) is 6.98. The van der Waals surface area contributed by atoms with E-state index in [1.165, 1.54) is 19.9 Å². The van der Waals surface area contributed by atoms with Gasteiger partial charge in [-0.15, -0.1) is 11.3 Å². The molecule has 0 bridgehead atoms. The number of aromatic nitrogens is 1. The van der Waals surface area contributed by atoms with Gasteiger partial charge in [0.05, 0.1) is 36.5 Å². The second kappa shape index (κ2) is 11.7. The summed E-state index contributed by atoms with van der Waals surface area (Å²) in [5, 5.41) is 13.4. The normalized spacial score (nSPS) is 14.1. The number of hydrogen-bond donors (Lipinski definition) is 3. The van der Waals surface area contributed by atoms with Crippen LogP contribution in [0, 0.1) is 18.6 Å². The van der Waals surface area contributed by atoms with Crippen molar-refractivity contribution in [2.45, 2.75) is 33.0 Å². The van der Waals surface area contributed by atoms with Crippen LogP contribution in [-0.4, -0.2) is 59.7 Å². The van der Waals surface area contributed by atoms with Gasteiger partial charge in [0, 0.05) is 23.7 Å². The molecule has 1 saturated heterocycles. The third kappa shape index (κ3) is 6.77. The average molecular weight is 561 g/mol. The molecule has 4 rings (SSSR count). The number of nitrogens with zero attached hydrogens (tertiary/aromatic N) is 2. The standard InChI is InChI=1S/C27H30F2N4O5S/c1-15-16(13-37-8-6-33-7-9-38-14-23(33)34)4-5-22(31-15)32-26-18(25(30)35)12-21(39-26)24-19(28)10-17(11-20(24)29)27(2,3)36/h4-5,10-12,36H,6-9,13-14H2,1-3H3,(H2,30,35)(H,31,32). The Balaban J connectivity index is 1.47. The zero-order valence-corrected chi connectivity index (χ0v) is 22.7. The first-order valence-electron chi connectivity index (χ1n) is 12.3. The molecule has 0 radical (unpaired) electrons. The SMILES string of the molecule is Cc1nc(Nc2sc(-c3c(F)cc(C(C)(C)O)cc3F)cc2C(N)=O)ccc1COCCN1CCOCC1=O. The molecule has 12 heteroatoms. The maximum absolute atomic E-state index is 14.9. The Morgan fingerprint density at radius 2 is 2.00 bits per heavy atom. The summed E-state index contributed by atoms with van der Waals surface area (Å²) < 4.78 is 40.7. The first-order valence-corrected chi connectivity index (χ1v) is 13.1. The van der Waals surface area contributed by atoms with E-state index in [2.05, 4.69) is 10.3 Å². The number of morpholine rings is 1. The Hall–Kier alpha value is -3.45. The minimum atomic E-state index is -1.43. The Morgan fingerprint density at radius 3 is 2.62 bits per heavy atom. The summed E-state index contributed by atoms with van der Waals surface area (Å²) in [6.45, 7) is 6.97. The van der Waals surface area contributed by atoms with E-state index in [-0.39, 0.29) is 39.1 Å². The molecule has 1 aliphatic heterocycles. The highest BCUT2D eigenvalue weighted by molar-refractivity contribution is 7.20. The van der Waals surface area contributed by atoms with Crippen LogP contribution in [0.2, 0.25) is 0 Å². The smallest absolute Gasteiger partial charge is 0.251 e. The van der Waals surface area contributed by atoms with Crippen molar-refractivity contribution >= 4 is 34.0 Å². The summed E-state index contributed by atoms with van der Waals surface area (Å²) in [5.41, 5.74) is 5.46. The van der Waals surface area contributed by atoms with Crippen molar-refractivity contribution in [2.75, 3.05) is 38.2 Å². The molecule has 1 aromatic carbocycles. The van der Waals surface area contributed by atoms with Crippen LogP contribution < -0.4 is 11.1 Å². The molecule has 1 fully saturated rings. The van der Waals surface area contributed by atoms with Gasteiger partial charge in [-0.3, -0.25) is 9.59 Å². The molecule has 0 aliphatic carbocycles. The van der Waals surface area contributed by atoms with Gasteiger partial charge in [0.15, 0.2) is 0 Å². The van der Waals surface area contributed by atoms with Crippen LogP contribution in [0.15, 0.2) is 30.3 Å². The van der Waals surface area contributed by atoms with Gasteiger partial charge in [-0.2, -0.15) is 0 Å². The highest BCUT2D eigenvalue weighted by Crippen LogP contribution is 2.40. The van der Waals surface area contributed by atoms with E-state index in [9.17, 15) is 23.5 Å². The maximum atomic E-state index is 14.9. The molecule has 3 heterocycles. The highest BCUT2D eigenvalue weighted by atomic mass is 32.1. The van der Waals surface area contributed by atoms with E-state index in [0.717, 1.165) is 29.0 Å². The van der Waals surface area contributed by atoms with Crippen molar-refractivity contribution in [3.8, 4) is 10.4 Å². The molecule has 0 spiro atoms. The molecule has 0 atom stereocenters. The Kier molecular flexibility index (Phi) is 8.60. The number of halogens is 2. The van der Waals surface area contributed by atoms with Crippen molar-refractivity contribution in [2.24, 2.45) is 5.73 Å². The molecule has 208 valence electrons. The van der Waals surface area contributed by atoms with E-state index in [1.807, 2.05) is 6.07 Å². The maximum Gasteiger partial charge on any atom is 0.251 e. The topological polar surface area (TPSA) is 127 Å². The third-order valence-electron chi connectivity index (χ3n) is 6.28. The van der Waals surface area contributed by atoms with Crippen LogP contribution >= 0.6 is 11.3 Å². The summed E-state index contributed by atoms with van der Waals surface area (Å²) in [6.07, 6.45) is 0. The minimum absolute atomic E-state index is 0.0539. The lowest BCUT2D eigenvalue weighted by Gasteiger charge is -2.26. The first-order chi connectivity index (χ1) is 18.4. The molecule has 2 amide bonds. The number of thiophene rings is 1. The molecular weight excluding hydrogens is 530 g/mol. The number of nitrogens with two attached hydrogens (primary N) is 1.